The third-order valence-electron chi connectivity index (χ3n) is 2.41. The van der Waals surface area contributed by atoms with E-state index in [1.165, 1.54) is 0 Å². The van der Waals surface area contributed by atoms with Gasteiger partial charge < -0.3 is 14.8 Å². The molecule has 5 heteroatoms. The van der Waals surface area contributed by atoms with E-state index in [4.69, 9.17) is 9.47 Å². The summed E-state index contributed by atoms with van der Waals surface area (Å²) in [5.74, 6) is 1.20. The van der Waals surface area contributed by atoms with Gasteiger partial charge in [0.1, 0.15) is 6.61 Å². The lowest BCUT2D eigenvalue weighted by molar-refractivity contribution is 0.0663. The fourth-order valence-electron chi connectivity index (χ4n) is 1.62. The molecular weight excluding hydrogens is 206 g/mol. The van der Waals surface area contributed by atoms with Crippen molar-refractivity contribution in [1.29, 1.82) is 0 Å². The van der Waals surface area contributed by atoms with Crippen LogP contribution in [0, 0.1) is 0 Å². The molecule has 1 aromatic heterocycles. The molecule has 0 amide bonds. The average molecular weight is 223 g/mol. The van der Waals surface area contributed by atoms with Gasteiger partial charge >= 0.3 is 0 Å². The maximum atomic E-state index is 5.56. The Kier molecular flexibility index (Phi) is 3.93. The highest BCUT2D eigenvalue weighted by molar-refractivity contribution is 5.26. The summed E-state index contributed by atoms with van der Waals surface area (Å²) in [7, 11) is 0. The van der Waals surface area contributed by atoms with Crippen LogP contribution in [0.1, 0.15) is 19.8 Å². The van der Waals surface area contributed by atoms with E-state index in [0.29, 0.717) is 18.4 Å². The number of hydrogen-bond donors (Lipinski definition) is 1. The quantitative estimate of drug-likeness (QED) is 0.819. The van der Waals surface area contributed by atoms with E-state index in [1.54, 1.807) is 12.3 Å². The predicted molar refractivity (Wildman–Crippen MR) is 60.7 cm³/mol. The van der Waals surface area contributed by atoms with E-state index in [9.17, 15) is 0 Å². The molecule has 0 bridgehead atoms. The van der Waals surface area contributed by atoms with Crippen LogP contribution in [0.3, 0.4) is 0 Å². The van der Waals surface area contributed by atoms with Crippen LogP contribution in [0.2, 0.25) is 0 Å². The molecule has 1 aliphatic heterocycles. The molecule has 0 spiro atoms. The summed E-state index contributed by atoms with van der Waals surface area (Å²) in [6, 6.07) is 1.76. The van der Waals surface area contributed by atoms with Gasteiger partial charge in [-0.3, -0.25) is 0 Å². The van der Waals surface area contributed by atoms with Gasteiger partial charge in [-0.05, 0) is 19.8 Å². The molecule has 0 radical (unpaired) electrons. The van der Waals surface area contributed by atoms with Crippen molar-refractivity contribution in [2.45, 2.75) is 25.9 Å². The summed E-state index contributed by atoms with van der Waals surface area (Å²) < 4.78 is 11.0. The predicted octanol–water partition coefficient (Wildman–Crippen LogP) is 1.47. The van der Waals surface area contributed by atoms with Gasteiger partial charge in [0.15, 0.2) is 0 Å². The van der Waals surface area contributed by atoms with Gasteiger partial charge in [-0.2, -0.15) is 4.98 Å². The maximum absolute atomic E-state index is 5.56. The van der Waals surface area contributed by atoms with Gasteiger partial charge in [-0.15, -0.1) is 0 Å². The smallest absolute Gasteiger partial charge is 0.225 e. The van der Waals surface area contributed by atoms with Crippen LogP contribution < -0.4 is 10.1 Å². The molecule has 5 nitrogen and oxygen atoms in total. The summed E-state index contributed by atoms with van der Waals surface area (Å²) in [6.07, 6.45) is 4.11. The standard InChI is InChI=1S/C11H17N3O2/c1-2-12-11-13-6-5-10(14-11)16-8-9-4-3-7-15-9/h5-6,9H,2-4,7-8H2,1H3,(H,12,13,14). The van der Waals surface area contributed by atoms with E-state index in [0.717, 1.165) is 26.0 Å². The van der Waals surface area contributed by atoms with Crippen molar-refractivity contribution >= 4 is 5.95 Å². The van der Waals surface area contributed by atoms with Crippen LogP contribution in [0.25, 0.3) is 0 Å². The molecule has 2 rings (SSSR count). The summed E-state index contributed by atoms with van der Waals surface area (Å²) in [5.41, 5.74) is 0. The largest absolute Gasteiger partial charge is 0.475 e. The lowest BCUT2D eigenvalue weighted by Crippen LogP contribution is -2.17. The molecule has 1 fully saturated rings. The number of hydrogen-bond acceptors (Lipinski definition) is 5. The van der Waals surface area contributed by atoms with Gasteiger partial charge in [0.25, 0.3) is 0 Å². The topological polar surface area (TPSA) is 56.3 Å². The Bertz CT molecular complexity index is 327. The molecule has 1 saturated heterocycles. The minimum atomic E-state index is 0.220. The summed E-state index contributed by atoms with van der Waals surface area (Å²) in [5, 5.41) is 3.04. The Morgan fingerprint density at radius 3 is 3.31 bits per heavy atom. The van der Waals surface area contributed by atoms with E-state index >= 15 is 0 Å². The molecule has 1 atom stereocenters. The Morgan fingerprint density at radius 2 is 2.56 bits per heavy atom. The van der Waals surface area contributed by atoms with Crippen LogP contribution in [-0.2, 0) is 4.74 Å². The lowest BCUT2D eigenvalue weighted by Gasteiger charge is -2.11. The monoisotopic (exact) mass is 223 g/mol. The van der Waals surface area contributed by atoms with Gasteiger partial charge in [0.05, 0.1) is 6.10 Å². The van der Waals surface area contributed by atoms with E-state index in [2.05, 4.69) is 15.3 Å². The third-order valence-corrected chi connectivity index (χ3v) is 2.41. The number of nitrogens with zero attached hydrogens (tertiary/aromatic N) is 2. The molecule has 0 aliphatic carbocycles. The fourth-order valence-corrected chi connectivity index (χ4v) is 1.62. The highest BCUT2D eigenvalue weighted by Gasteiger charge is 2.16. The molecule has 16 heavy (non-hydrogen) atoms. The second kappa shape index (κ2) is 5.65. The molecule has 1 unspecified atom stereocenters. The Hall–Kier alpha value is -1.36. The normalized spacial score (nSPS) is 19.7. The van der Waals surface area contributed by atoms with Crippen LogP contribution in [-0.4, -0.2) is 35.8 Å². The zero-order valence-electron chi connectivity index (χ0n) is 9.48. The summed E-state index contributed by atoms with van der Waals surface area (Å²) in [6.45, 7) is 4.22. The van der Waals surface area contributed by atoms with Gasteiger partial charge in [0.2, 0.25) is 11.8 Å². The van der Waals surface area contributed by atoms with E-state index < -0.39 is 0 Å². The minimum absolute atomic E-state index is 0.220. The van der Waals surface area contributed by atoms with Crippen molar-refractivity contribution in [3.63, 3.8) is 0 Å². The highest BCUT2D eigenvalue weighted by atomic mass is 16.5. The first-order valence-corrected chi connectivity index (χ1v) is 5.70. The second-order valence-corrected chi connectivity index (χ2v) is 3.69. The summed E-state index contributed by atoms with van der Waals surface area (Å²) >= 11 is 0. The van der Waals surface area contributed by atoms with E-state index in [-0.39, 0.29) is 6.10 Å². The number of anilines is 1. The minimum Gasteiger partial charge on any atom is -0.475 e. The zero-order chi connectivity index (χ0) is 11.2. The summed E-state index contributed by atoms with van der Waals surface area (Å²) in [4.78, 5) is 8.30. The van der Waals surface area contributed by atoms with E-state index in [1.807, 2.05) is 6.92 Å². The first-order chi connectivity index (χ1) is 7.88. The van der Waals surface area contributed by atoms with Gasteiger partial charge in [-0.25, -0.2) is 4.98 Å². The van der Waals surface area contributed by atoms with Crippen molar-refractivity contribution in [3.8, 4) is 5.88 Å². The molecule has 0 saturated carbocycles. The second-order valence-electron chi connectivity index (χ2n) is 3.69. The van der Waals surface area contributed by atoms with Gasteiger partial charge in [-0.1, -0.05) is 0 Å². The molecule has 1 aromatic rings. The van der Waals surface area contributed by atoms with Crippen LogP contribution in [0.4, 0.5) is 5.95 Å². The highest BCUT2D eigenvalue weighted by Crippen LogP contribution is 2.14. The molecule has 1 N–H and O–H groups in total. The van der Waals surface area contributed by atoms with Crippen LogP contribution >= 0.6 is 0 Å². The third kappa shape index (κ3) is 3.06. The molecular formula is C11H17N3O2. The number of aromatic nitrogens is 2. The fraction of sp³-hybridized carbons (Fsp3) is 0.636. The number of ether oxygens (including phenoxy) is 2. The zero-order valence-corrected chi connectivity index (χ0v) is 9.48. The van der Waals surface area contributed by atoms with Gasteiger partial charge in [0, 0.05) is 25.4 Å². The average Bonchev–Trinajstić information content (AvgIpc) is 2.80. The Balaban J connectivity index is 1.85. The molecule has 88 valence electrons. The lowest BCUT2D eigenvalue weighted by atomic mass is 10.2. The first kappa shape index (κ1) is 11.1. The first-order valence-electron chi connectivity index (χ1n) is 5.70. The molecule has 1 aliphatic rings. The molecule has 0 aromatic carbocycles. The Morgan fingerprint density at radius 1 is 1.62 bits per heavy atom. The van der Waals surface area contributed by atoms with Crippen molar-refractivity contribution in [2.75, 3.05) is 25.1 Å². The molecule has 2 heterocycles. The Labute approximate surface area is 95.2 Å². The number of nitrogens with one attached hydrogen (secondary N) is 1. The van der Waals surface area contributed by atoms with Crippen molar-refractivity contribution in [3.05, 3.63) is 12.3 Å². The number of rotatable bonds is 5. The van der Waals surface area contributed by atoms with Crippen molar-refractivity contribution < 1.29 is 9.47 Å². The van der Waals surface area contributed by atoms with Crippen molar-refractivity contribution in [2.24, 2.45) is 0 Å². The maximum Gasteiger partial charge on any atom is 0.225 e. The SMILES string of the molecule is CCNc1nccc(OCC2CCCO2)n1. The van der Waals surface area contributed by atoms with Crippen molar-refractivity contribution in [1.82, 2.24) is 9.97 Å². The van der Waals surface area contributed by atoms with Crippen LogP contribution in [0.5, 0.6) is 5.88 Å². The van der Waals surface area contributed by atoms with Crippen LogP contribution in [0.15, 0.2) is 12.3 Å².